The summed E-state index contributed by atoms with van der Waals surface area (Å²) in [6.45, 7) is 6.27. The van der Waals surface area contributed by atoms with E-state index >= 15 is 0 Å². The van der Waals surface area contributed by atoms with Crippen molar-refractivity contribution in [1.82, 2.24) is 14.7 Å². The molecule has 2 aromatic rings. The number of aromatic nitrogens is 2. The Kier molecular flexibility index (Phi) is 3.46. The summed E-state index contributed by atoms with van der Waals surface area (Å²) in [4.78, 5) is 15.9. The molecule has 0 saturated carbocycles. The van der Waals surface area contributed by atoms with Crippen LogP contribution >= 0.6 is 0 Å². The van der Waals surface area contributed by atoms with E-state index in [9.17, 15) is 4.79 Å². The predicted octanol–water partition coefficient (Wildman–Crippen LogP) is 2.23. The number of nitrogens with zero attached hydrogens (tertiary/aromatic N) is 2. The van der Waals surface area contributed by atoms with E-state index in [4.69, 9.17) is 0 Å². The van der Waals surface area contributed by atoms with Crippen molar-refractivity contribution in [3.8, 4) is 0 Å². The zero-order valence-corrected chi connectivity index (χ0v) is 10.9. The molecule has 0 saturated heterocycles. The van der Waals surface area contributed by atoms with Gasteiger partial charge in [0.2, 0.25) is 5.91 Å². The second-order valence-corrected chi connectivity index (χ2v) is 4.64. The van der Waals surface area contributed by atoms with Crippen LogP contribution in [0, 0.1) is 6.92 Å². The second kappa shape index (κ2) is 5.04. The van der Waals surface area contributed by atoms with E-state index in [1.54, 1.807) is 6.08 Å². The number of imidazole rings is 1. The van der Waals surface area contributed by atoms with Gasteiger partial charge in [0.1, 0.15) is 5.65 Å². The van der Waals surface area contributed by atoms with E-state index in [2.05, 4.69) is 10.3 Å². The van der Waals surface area contributed by atoms with Crippen molar-refractivity contribution in [2.24, 2.45) is 0 Å². The first kappa shape index (κ1) is 12.4. The van der Waals surface area contributed by atoms with Gasteiger partial charge in [-0.25, -0.2) is 4.98 Å². The Balaban J connectivity index is 2.08. The zero-order valence-electron chi connectivity index (χ0n) is 10.9. The summed E-state index contributed by atoms with van der Waals surface area (Å²) in [5.41, 5.74) is 3.92. The molecule has 2 heterocycles. The van der Waals surface area contributed by atoms with Crippen molar-refractivity contribution in [2.45, 2.75) is 27.3 Å². The summed E-state index contributed by atoms with van der Waals surface area (Å²) < 4.78 is 1.95. The van der Waals surface area contributed by atoms with Gasteiger partial charge in [-0.05, 0) is 38.5 Å². The highest BCUT2D eigenvalue weighted by Crippen LogP contribution is 2.07. The monoisotopic (exact) mass is 243 g/mol. The average molecular weight is 243 g/mol. The number of allylic oxidation sites excluding steroid dienone is 1. The molecular weight excluding hydrogens is 226 g/mol. The van der Waals surface area contributed by atoms with Gasteiger partial charge in [0.25, 0.3) is 0 Å². The fourth-order valence-electron chi connectivity index (χ4n) is 1.71. The summed E-state index contributed by atoms with van der Waals surface area (Å²) in [5, 5.41) is 2.81. The van der Waals surface area contributed by atoms with Crippen molar-refractivity contribution in [2.75, 3.05) is 0 Å². The number of hydrogen-bond acceptors (Lipinski definition) is 2. The fraction of sp³-hybridized carbons (Fsp3) is 0.286. The molecule has 2 rings (SSSR count). The summed E-state index contributed by atoms with van der Waals surface area (Å²) in [6, 6.07) is 4.04. The van der Waals surface area contributed by atoms with Crippen LogP contribution in [-0.2, 0) is 11.3 Å². The maximum absolute atomic E-state index is 11.5. The molecule has 0 aromatic carbocycles. The van der Waals surface area contributed by atoms with Crippen molar-refractivity contribution < 1.29 is 4.79 Å². The molecule has 0 unspecified atom stereocenters. The molecule has 0 fully saturated rings. The van der Waals surface area contributed by atoms with Gasteiger partial charge in [-0.15, -0.1) is 0 Å². The van der Waals surface area contributed by atoms with Crippen LogP contribution in [0.2, 0.25) is 0 Å². The number of hydrogen-bond donors (Lipinski definition) is 1. The molecule has 0 spiro atoms. The van der Waals surface area contributed by atoms with Gasteiger partial charge in [0, 0.05) is 18.5 Å². The number of amides is 1. The van der Waals surface area contributed by atoms with E-state index in [0.717, 1.165) is 16.9 Å². The van der Waals surface area contributed by atoms with Crippen LogP contribution in [0.5, 0.6) is 0 Å². The summed E-state index contributed by atoms with van der Waals surface area (Å²) in [6.07, 6.45) is 5.48. The van der Waals surface area contributed by atoms with Gasteiger partial charge in [-0.2, -0.15) is 0 Å². The molecule has 2 aromatic heterocycles. The van der Waals surface area contributed by atoms with Crippen LogP contribution in [-0.4, -0.2) is 15.3 Å². The Labute approximate surface area is 106 Å². The van der Waals surface area contributed by atoms with Crippen molar-refractivity contribution in [1.29, 1.82) is 0 Å². The van der Waals surface area contributed by atoms with Gasteiger partial charge in [0.05, 0.1) is 12.2 Å². The van der Waals surface area contributed by atoms with E-state index in [-0.39, 0.29) is 5.91 Å². The molecule has 94 valence electrons. The lowest BCUT2D eigenvalue weighted by Crippen LogP contribution is -2.20. The highest BCUT2D eigenvalue weighted by Gasteiger charge is 2.03. The first-order valence-corrected chi connectivity index (χ1v) is 5.91. The number of carbonyl (C=O) groups is 1. The maximum Gasteiger partial charge on any atom is 0.244 e. The molecule has 1 N–H and O–H groups in total. The number of pyridine rings is 1. The standard InChI is InChI=1S/C14H17N3O/c1-10(2)6-14(18)15-8-12-9-17-5-4-11(3)7-13(17)16-12/h4-7,9H,8H2,1-3H3,(H,15,18). The highest BCUT2D eigenvalue weighted by atomic mass is 16.1. The lowest BCUT2D eigenvalue weighted by Gasteiger charge is -1.98. The number of rotatable bonds is 3. The van der Waals surface area contributed by atoms with Crippen molar-refractivity contribution in [3.63, 3.8) is 0 Å². The molecule has 1 amide bonds. The topological polar surface area (TPSA) is 46.4 Å². The Morgan fingerprint density at radius 3 is 3.00 bits per heavy atom. The maximum atomic E-state index is 11.5. The third kappa shape index (κ3) is 2.97. The van der Waals surface area contributed by atoms with Crippen LogP contribution < -0.4 is 5.32 Å². The molecule has 0 radical (unpaired) electrons. The first-order valence-electron chi connectivity index (χ1n) is 5.91. The lowest BCUT2D eigenvalue weighted by molar-refractivity contribution is -0.116. The molecule has 18 heavy (non-hydrogen) atoms. The highest BCUT2D eigenvalue weighted by molar-refractivity contribution is 5.87. The minimum Gasteiger partial charge on any atom is -0.347 e. The van der Waals surface area contributed by atoms with Gasteiger partial charge in [-0.1, -0.05) is 5.57 Å². The summed E-state index contributed by atoms with van der Waals surface area (Å²) in [5.74, 6) is -0.0803. The van der Waals surface area contributed by atoms with Crippen molar-refractivity contribution >= 4 is 11.6 Å². The molecule has 0 aliphatic carbocycles. The molecule has 0 atom stereocenters. The van der Waals surface area contributed by atoms with E-state index < -0.39 is 0 Å². The Hall–Kier alpha value is -2.10. The molecular formula is C14H17N3O. The van der Waals surface area contributed by atoms with Crippen LogP contribution in [0.1, 0.15) is 25.1 Å². The Bertz CT molecular complexity index is 607. The normalized spacial score (nSPS) is 10.4. The number of aryl methyl sites for hydroxylation is 1. The third-order valence-electron chi connectivity index (χ3n) is 2.53. The lowest BCUT2D eigenvalue weighted by atomic mass is 10.3. The average Bonchev–Trinajstić information content (AvgIpc) is 2.67. The third-order valence-corrected chi connectivity index (χ3v) is 2.53. The Morgan fingerprint density at radius 1 is 1.50 bits per heavy atom. The second-order valence-electron chi connectivity index (χ2n) is 4.64. The molecule has 0 bridgehead atoms. The van der Waals surface area contributed by atoms with Crippen LogP contribution in [0.25, 0.3) is 5.65 Å². The van der Waals surface area contributed by atoms with Crippen LogP contribution in [0.3, 0.4) is 0 Å². The zero-order chi connectivity index (χ0) is 13.1. The van der Waals surface area contributed by atoms with Gasteiger partial charge in [0.15, 0.2) is 0 Å². The smallest absolute Gasteiger partial charge is 0.244 e. The Morgan fingerprint density at radius 2 is 2.28 bits per heavy atom. The quantitative estimate of drug-likeness (QED) is 0.840. The molecule has 0 aliphatic rings. The van der Waals surface area contributed by atoms with Crippen molar-refractivity contribution in [3.05, 3.63) is 47.4 Å². The minimum atomic E-state index is -0.0803. The number of nitrogens with one attached hydrogen (secondary N) is 1. The van der Waals surface area contributed by atoms with Gasteiger partial charge >= 0.3 is 0 Å². The van der Waals surface area contributed by atoms with Gasteiger partial charge in [-0.3, -0.25) is 4.79 Å². The number of fused-ring (bicyclic) bond motifs is 1. The van der Waals surface area contributed by atoms with E-state index in [1.165, 1.54) is 5.56 Å². The first-order chi connectivity index (χ1) is 8.54. The minimum absolute atomic E-state index is 0.0803. The van der Waals surface area contributed by atoms with Crippen LogP contribution in [0.15, 0.2) is 36.2 Å². The van der Waals surface area contributed by atoms with E-state index in [1.807, 2.05) is 49.7 Å². The van der Waals surface area contributed by atoms with Gasteiger partial charge < -0.3 is 9.72 Å². The molecule has 0 aliphatic heterocycles. The SMILES string of the molecule is CC(C)=CC(=O)NCc1cn2ccc(C)cc2n1. The fourth-order valence-corrected chi connectivity index (χ4v) is 1.71. The molecule has 4 heteroatoms. The summed E-state index contributed by atoms with van der Waals surface area (Å²) >= 11 is 0. The predicted molar refractivity (Wildman–Crippen MR) is 71.2 cm³/mol. The van der Waals surface area contributed by atoms with E-state index in [0.29, 0.717) is 6.54 Å². The molecule has 4 nitrogen and oxygen atoms in total. The largest absolute Gasteiger partial charge is 0.347 e. The summed E-state index contributed by atoms with van der Waals surface area (Å²) in [7, 11) is 0. The number of carbonyl (C=O) groups excluding carboxylic acids is 1. The van der Waals surface area contributed by atoms with Crippen LogP contribution in [0.4, 0.5) is 0 Å².